The van der Waals surface area contributed by atoms with E-state index in [-0.39, 0.29) is 41.9 Å². The molecule has 0 aliphatic heterocycles. The van der Waals surface area contributed by atoms with Crippen molar-refractivity contribution in [3.8, 4) is 0 Å². The van der Waals surface area contributed by atoms with E-state index in [9.17, 15) is 0 Å². The molecule has 0 amide bonds. The molecule has 0 bridgehead atoms. The van der Waals surface area contributed by atoms with E-state index in [4.69, 9.17) is 0 Å². The minimum Gasteiger partial charge on any atom is -1.00 e. The van der Waals surface area contributed by atoms with Crippen LogP contribution in [0.25, 0.3) is 0 Å². The van der Waals surface area contributed by atoms with Crippen molar-refractivity contribution in [2.45, 2.75) is 99.5 Å². The van der Waals surface area contributed by atoms with Crippen LogP contribution in [-0.2, 0) is 23.6 Å². The molecule has 1 radical (unpaired) electrons. The number of benzene rings is 2. The van der Waals surface area contributed by atoms with E-state index in [1.165, 1.54) is 44.8 Å². The van der Waals surface area contributed by atoms with Crippen LogP contribution in [0.3, 0.4) is 0 Å². The number of hydrogen-bond donors (Lipinski definition) is 2. The average Bonchev–Trinajstić information content (AvgIpc) is 2.89. The quantitative estimate of drug-likeness (QED) is 0.259. The van der Waals surface area contributed by atoms with Gasteiger partial charge in [-0.3, -0.25) is 9.88 Å². The molecule has 0 unspecified atom stereocenters. The van der Waals surface area contributed by atoms with Gasteiger partial charge in [-0.2, -0.15) is 0 Å². The molecular formula is C36H54Cl2MnN4. The molecule has 2 aromatic carbocycles. The molecule has 0 fully saturated rings. The third kappa shape index (κ3) is 11.9. The van der Waals surface area contributed by atoms with Gasteiger partial charge in [0.15, 0.2) is 0 Å². The third-order valence-electron chi connectivity index (χ3n) is 7.75. The van der Waals surface area contributed by atoms with E-state index in [0.29, 0.717) is 23.7 Å². The van der Waals surface area contributed by atoms with E-state index >= 15 is 0 Å². The Morgan fingerprint density at radius 3 is 1.30 bits per heavy atom. The molecule has 43 heavy (non-hydrogen) atoms. The van der Waals surface area contributed by atoms with Crippen molar-refractivity contribution in [1.82, 2.24) is 9.88 Å². The maximum absolute atomic E-state index is 4.64. The number of anilines is 2. The molecule has 1 heterocycles. The van der Waals surface area contributed by atoms with Crippen LogP contribution < -0.4 is 35.4 Å². The van der Waals surface area contributed by atoms with Gasteiger partial charge in [0.25, 0.3) is 0 Å². The number of nitrogens with zero attached hydrogens (tertiary/aromatic N) is 2. The number of rotatable bonds is 14. The SMILES string of the molecule is Cc1cc(C(C)C)c(NCCN(CCNc2c(C(C)C)cc(C)cc2C(C)C)Cc2ccccn2)c(C(C)C)c1.[Cl-].[Cl-].[Mn+2]. The van der Waals surface area contributed by atoms with Gasteiger partial charge in [-0.05, 0) is 71.9 Å². The molecule has 0 saturated heterocycles. The third-order valence-corrected chi connectivity index (χ3v) is 7.75. The van der Waals surface area contributed by atoms with Gasteiger partial charge >= 0.3 is 17.1 Å². The Kier molecular flexibility index (Phi) is 18.8. The second kappa shape index (κ2) is 19.6. The summed E-state index contributed by atoms with van der Waals surface area (Å²) in [4.78, 5) is 7.16. The van der Waals surface area contributed by atoms with Gasteiger partial charge in [-0.15, -0.1) is 0 Å². The smallest absolute Gasteiger partial charge is 1.00 e. The molecule has 0 spiro atoms. The van der Waals surface area contributed by atoms with E-state index in [1.54, 1.807) is 0 Å². The van der Waals surface area contributed by atoms with E-state index < -0.39 is 0 Å². The molecule has 2 N–H and O–H groups in total. The Bertz CT molecular complexity index is 1100. The van der Waals surface area contributed by atoms with Gasteiger partial charge in [0.05, 0.1) is 5.69 Å². The molecular weight excluding hydrogens is 614 g/mol. The molecule has 3 aromatic rings. The Hall–Kier alpha value is -1.75. The van der Waals surface area contributed by atoms with Gasteiger partial charge in [-0.25, -0.2) is 0 Å². The van der Waals surface area contributed by atoms with Crippen molar-refractivity contribution in [3.63, 3.8) is 0 Å². The molecule has 239 valence electrons. The second-order valence-electron chi connectivity index (χ2n) is 12.7. The molecule has 4 nitrogen and oxygen atoms in total. The first kappa shape index (κ1) is 41.2. The maximum Gasteiger partial charge on any atom is 2.00 e. The summed E-state index contributed by atoms with van der Waals surface area (Å²) in [5, 5.41) is 7.74. The van der Waals surface area contributed by atoms with Crippen LogP contribution in [0.5, 0.6) is 0 Å². The summed E-state index contributed by atoms with van der Waals surface area (Å²) in [6.07, 6.45) is 1.90. The van der Waals surface area contributed by atoms with Crippen LogP contribution in [0.1, 0.15) is 118 Å². The van der Waals surface area contributed by atoms with Crippen molar-refractivity contribution in [2.75, 3.05) is 36.8 Å². The van der Waals surface area contributed by atoms with Crippen LogP contribution >= 0.6 is 0 Å². The fourth-order valence-corrected chi connectivity index (χ4v) is 5.58. The number of pyridine rings is 1. The summed E-state index contributed by atoms with van der Waals surface area (Å²) in [6.45, 7) is 27.3. The minimum absolute atomic E-state index is 0. The minimum atomic E-state index is 0. The molecule has 0 aliphatic rings. The number of halogens is 2. The molecule has 1 aromatic heterocycles. The van der Waals surface area contributed by atoms with Gasteiger partial charge in [0.2, 0.25) is 0 Å². The summed E-state index contributed by atoms with van der Waals surface area (Å²) < 4.78 is 0. The van der Waals surface area contributed by atoms with E-state index in [2.05, 4.69) is 126 Å². The predicted octanol–water partition coefficient (Wildman–Crippen LogP) is 3.22. The topological polar surface area (TPSA) is 40.2 Å². The molecule has 7 heteroatoms. The number of aromatic nitrogens is 1. The largest absolute Gasteiger partial charge is 2.00 e. The van der Waals surface area contributed by atoms with Crippen LogP contribution in [-0.4, -0.2) is 36.1 Å². The zero-order chi connectivity index (χ0) is 29.4. The average molecular weight is 669 g/mol. The van der Waals surface area contributed by atoms with Crippen molar-refractivity contribution in [1.29, 1.82) is 0 Å². The number of aryl methyl sites for hydroxylation is 2. The number of nitrogens with one attached hydrogen (secondary N) is 2. The maximum atomic E-state index is 4.64. The van der Waals surface area contributed by atoms with Gasteiger partial charge in [0, 0.05) is 50.3 Å². The van der Waals surface area contributed by atoms with Gasteiger partial charge in [-0.1, -0.05) is 96.8 Å². The standard InChI is InChI=1S/C36H54N4.2ClH.Mn/c1-24(2)31-19-28(9)20-32(25(3)4)35(31)38-15-17-40(23-30-13-11-12-14-37-30)18-16-39-36-33(26(5)6)21-29(10)22-34(36)27(7)8;;;/h11-14,19-22,24-27,38-39H,15-18,23H2,1-10H3;2*1H;/q;;;+2/p-2. The fourth-order valence-electron chi connectivity index (χ4n) is 5.58. The Balaban J connectivity index is 0.00000588. The Morgan fingerprint density at radius 1 is 0.628 bits per heavy atom. The summed E-state index contributed by atoms with van der Waals surface area (Å²) in [5.74, 6) is 1.92. The Labute approximate surface area is 285 Å². The van der Waals surface area contributed by atoms with Gasteiger partial charge in [0.1, 0.15) is 0 Å². The molecule has 0 saturated carbocycles. The fraction of sp³-hybridized carbons (Fsp3) is 0.528. The zero-order valence-corrected chi connectivity index (χ0v) is 30.7. The number of hydrogen-bond acceptors (Lipinski definition) is 4. The first-order valence-electron chi connectivity index (χ1n) is 15.4. The summed E-state index contributed by atoms with van der Waals surface area (Å²) in [6, 6.07) is 15.6. The second-order valence-corrected chi connectivity index (χ2v) is 12.7. The van der Waals surface area contributed by atoms with Crippen LogP contribution in [0.4, 0.5) is 11.4 Å². The van der Waals surface area contributed by atoms with E-state index in [0.717, 1.165) is 38.4 Å². The predicted molar refractivity (Wildman–Crippen MR) is 175 cm³/mol. The monoisotopic (exact) mass is 667 g/mol. The van der Waals surface area contributed by atoms with Crippen LogP contribution in [0, 0.1) is 13.8 Å². The Morgan fingerprint density at radius 2 is 1.00 bits per heavy atom. The van der Waals surface area contributed by atoms with Crippen molar-refractivity contribution in [2.24, 2.45) is 0 Å². The van der Waals surface area contributed by atoms with Gasteiger partial charge < -0.3 is 35.4 Å². The molecule has 0 atom stereocenters. The van der Waals surface area contributed by atoms with Crippen molar-refractivity contribution >= 4 is 11.4 Å². The first-order chi connectivity index (χ1) is 19.0. The summed E-state index contributed by atoms with van der Waals surface area (Å²) in [5.41, 5.74) is 12.1. The van der Waals surface area contributed by atoms with Crippen molar-refractivity contribution < 1.29 is 41.9 Å². The summed E-state index contributed by atoms with van der Waals surface area (Å²) >= 11 is 0. The van der Waals surface area contributed by atoms with E-state index in [1.807, 2.05) is 12.3 Å². The molecule has 0 aliphatic carbocycles. The van der Waals surface area contributed by atoms with Crippen molar-refractivity contribution in [3.05, 3.63) is 87.7 Å². The molecule has 3 rings (SSSR count). The normalized spacial score (nSPS) is 11.0. The van der Waals surface area contributed by atoms with Crippen LogP contribution in [0.15, 0.2) is 48.7 Å². The zero-order valence-electron chi connectivity index (χ0n) is 28.0. The van der Waals surface area contributed by atoms with Crippen LogP contribution in [0.2, 0.25) is 0 Å². The first-order valence-corrected chi connectivity index (χ1v) is 15.4. The summed E-state index contributed by atoms with van der Waals surface area (Å²) in [7, 11) is 0.